The van der Waals surface area contributed by atoms with Crippen LogP contribution in [0.3, 0.4) is 0 Å². The predicted octanol–water partition coefficient (Wildman–Crippen LogP) is 3.15. The van der Waals surface area contributed by atoms with Gasteiger partial charge >= 0.3 is 0 Å². The van der Waals surface area contributed by atoms with Crippen molar-refractivity contribution in [2.45, 2.75) is 19.8 Å². The number of pyridine rings is 1. The van der Waals surface area contributed by atoms with Gasteiger partial charge in [-0.15, -0.1) is 0 Å². The molecular formula is C13H16N2O. The fourth-order valence-corrected chi connectivity index (χ4v) is 1.69. The molecule has 0 aliphatic heterocycles. The van der Waals surface area contributed by atoms with Gasteiger partial charge in [-0.2, -0.15) is 0 Å². The summed E-state index contributed by atoms with van der Waals surface area (Å²) in [5.74, 6) is 0.255. The summed E-state index contributed by atoms with van der Waals surface area (Å²) in [7, 11) is 0. The molecular weight excluding hydrogens is 200 g/mol. The van der Waals surface area contributed by atoms with Gasteiger partial charge in [0.25, 0.3) is 0 Å². The van der Waals surface area contributed by atoms with Crippen LogP contribution in [0.2, 0.25) is 0 Å². The summed E-state index contributed by atoms with van der Waals surface area (Å²) in [5.41, 5.74) is 1.90. The average molecular weight is 216 g/mol. The zero-order chi connectivity index (χ0) is 11.4. The van der Waals surface area contributed by atoms with Crippen LogP contribution in [0, 0.1) is 0 Å². The first-order valence-electron chi connectivity index (χ1n) is 5.63. The highest BCUT2D eigenvalue weighted by Gasteiger charge is 2.01. The third-order valence-electron chi connectivity index (χ3n) is 2.57. The molecule has 2 rings (SSSR count). The summed E-state index contributed by atoms with van der Waals surface area (Å²) in [6, 6.07) is 7.23. The number of benzene rings is 1. The van der Waals surface area contributed by atoms with Gasteiger partial charge < -0.3 is 10.4 Å². The number of unbranched alkanes of at least 4 members (excludes halogenated alkanes) is 1. The number of nitrogens with zero attached hydrogens (tertiary/aromatic N) is 1. The molecule has 0 aliphatic rings. The van der Waals surface area contributed by atoms with Crippen molar-refractivity contribution in [3.05, 3.63) is 30.5 Å². The Bertz CT molecular complexity index is 482. The molecule has 0 saturated heterocycles. The van der Waals surface area contributed by atoms with Crippen LogP contribution in [0.5, 0.6) is 5.75 Å². The SMILES string of the molecule is CCCCNc1ccnc2cc(O)ccc12. The van der Waals surface area contributed by atoms with E-state index >= 15 is 0 Å². The number of aromatic hydroxyl groups is 1. The van der Waals surface area contributed by atoms with Crippen LogP contribution in [0.4, 0.5) is 5.69 Å². The molecule has 1 aromatic carbocycles. The van der Waals surface area contributed by atoms with Gasteiger partial charge in [0.1, 0.15) is 5.75 Å². The Balaban J connectivity index is 2.30. The number of phenols is 1. The van der Waals surface area contributed by atoms with E-state index in [1.165, 1.54) is 6.42 Å². The van der Waals surface area contributed by atoms with E-state index in [1.54, 1.807) is 18.3 Å². The molecule has 0 spiro atoms. The molecule has 0 bridgehead atoms. The Labute approximate surface area is 95.1 Å². The summed E-state index contributed by atoms with van der Waals surface area (Å²) in [4.78, 5) is 4.23. The quantitative estimate of drug-likeness (QED) is 0.772. The summed E-state index contributed by atoms with van der Waals surface area (Å²) < 4.78 is 0. The zero-order valence-corrected chi connectivity index (χ0v) is 9.40. The van der Waals surface area contributed by atoms with E-state index in [0.29, 0.717) is 0 Å². The van der Waals surface area contributed by atoms with Crippen molar-refractivity contribution in [2.24, 2.45) is 0 Å². The fraction of sp³-hybridized carbons (Fsp3) is 0.308. The summed E-state index contributed by atoms with van der Waals surface area (Å²) >= 11 is 0. The number of phenolic OH excluding ortho intramolecular Hbond substituents is 1. The van der Waals surface area contributed by atoms with Crippen LogP contribution in [0.15, 0.2) is 30.5 Å². The van der Waals surface area contributed by atoms with Crippen LogP contribution in [-0.2, 0) is 0 Å². The van der Waals surface area contributed by atoms with Crippen LogP contribution >= 0.6 is 0 Å². The molecule has 3 nitrogen and oxygen atoms in total. The van der Waals surface area contributed by atoms with E-state index in [4.69, 9.17) is 0 Å². The highest BCUT2D eigenvalue weighted by Crippen LogP contribution is 2.24. The molecule has 84 valence electrons. The minimum Gasteiger partial charge on any atom is -0.508 e. The van der Waals surface area contributed by atoms with Crippen LogP contribution in [-0.4, -0.2) is 16.6 Å². The molecule has 2 aromatic rings. The Hall–Kier alpha value is -1.77. The zero-order valence-electron chi connectivity index (χ0n) is 9.40. The molecule has 0 amide bonds. The predicted molar refractivity (Wildman–Crippen MR) is 66.8 cm³/mol. The highest BCUT2D eigenvalue weighted by molar-refractivity contribution is 5.91. The lowest BCUT2D eigenvalue weighted by molar-refractivity contribution is 0.476. The van der Waals surface area contributed by atoms with Crippen molar-refractivity contribution in [1.82, 2.24) is 4.98 Å². The van der Waals surface area contributed by atoms with Gasteiger partial charge in [0, 0.05) is 29.9 Å². The lowest BCUT2D eigenvalue weighted by atomic mass is 10.1. The van der Waals surface area contributed by atoms with Crippen molar-refractivity contribution in [3.63, 3.8) is 0 Å². The topological polar surface area (TPSA) is 45.2 Å². The van der Waals surface area contributed by atoms with Gasteiger partial charge in [-0.25, -0.2) is 0 Å². The lowest BCUT2D eigenvalue weighted by Gasteiger charge is -2.08. The molecule has 0 atom stereocenters. The molecule has 16 heavy (non-hydrogen) atoms. The number of anilines is 1. The van der Waals surface area contributed by atoms with Crippen molar-refractivity contribution < 1.29 is 5.11 Å². The standard InChI is InChI=1S/C13H16N2O/c1-2-3-7-14-12-6-8-15-13-9-10(16)4-5-11(12)13/h4-6,8-9,16H,2-3,7H2,1H3,(H,14,15). The number of hydrogen-bond donors (Lipinski definition) is 2. The van der Waals surface area contributed by atoms with E-state index in [9.17, 15) is 5.11 Å². The number of hydrogen-bond acceptors (Lipinski definition) is 3. The molecule has 0 unspecified atom stereocenters. The number of fused-ring (bicyclic) bond motifs is 1. The Morgan fingerprint density at radius 2 is 2.19 bits per heavy atom. The first-order chi connectivity index (χ1) is 7.81. The normalized spacial score (nSPS) is 10.6. The monoisotopic (exact) mass is 216 g/mol. The van der Waals surface area contributed by atoms with Crippen molar-refractivity contribution in [1.29, 1.82) is 0 Å². The van der Waals surface area contributed by atoms with Gasteiger partial charge in [0.05, 0.1) is 5.52 Å². The van der Waals surface area contributed by atoms with E-state index in [0.717, 1.165) is 29.6 Å². The Kier molecular flexibility index (Phi) is 3.25. The average Bonchev–Trinajstić information content (AvgIpc) is 2.29. The van der Waals surface area contributed by atoms with E-state index < -0.39 is 0 Å². The maximum atomic E-state index is 9.37. The van der Waals surface area contributed by atoms with Crippen LogP contribution in [0.1, 0.15) is 19.8 Å². The van der Waals surface area contributed by atoms with Crippen molar-refractivity contribution in [2.75, 3.05) is 11.9 Å². The Morgan fingerprint density at radius 3 is 3.00 bits per heavy atom. The van der Waals surface area contributed by atoms with Gasteiger partial charge in [-0.3, -0.25) is 4.98 Å². The minimum absolute atomic E-state index is 0.255. The molecule has 1 heterocycles. The third-order valence-corrected chi connectivity index (χ3v) is 2.57. The maximum absolute atomic E-state index is 9.37. The number of nitrogens with one attached hydrogen (secondary N) is 1. The second kappa shape index (κ2) is 4.84. The third kappa shape index (κ3) is 2.24. The number of rotatable bonds is 4. The van der Waals surface area contributed by atoms with E-state index in [1.807, 2.05) is 12.1 Å². The van der Waals surface area contributed by atoms with Gasteiger partial charge in [0.2, 0.25) is 0 Å². The minimum atomic E-state index is 0.255. The molecule has 0 saturated carbocycles. The molecule has 0 aliphatic carbocycles. The Morgan fingerprint density at radius 1 is 1.31 bits per heavy atom. The highest BCUT2D eigenvalue weighted by atomic mass is 16.3. The second-order valence-electron chi connectivity index (χ2n) is 3.84. The van der Waals surface area contributed by atoms with Crippen LogP contribution in [0.25, 0.3) is 10.9 Å². The molecule has 1 aromatic heterocycles. The van der Waals surface area contributed by atoms with E-state index in [-0.39, 0.29) is 5.75 Å². The smallest absolute Gasteiger partial charge is 0.117 e. The first-order valence-corrected chi connectivity index (χ1v) is 5.63. The summed E-state index contributed by atoms with van der Waals surface area (Å²) in [6.45, 7) is 3.14. The molecule has 0 radical (unpaired) electrons. The first kappa shape index (κ1) is 10.7. The maximum Gasteiger partial charge on any atom is 0.117 e. The van der Waals surface area contributed by atoms with Crippen molar-refractivity contribution >= 4 is 16.6 Å². The molecule has 2 N–H and O–H groups in total. The van der Waals surface area contributed by atoms with Crippen molar-refractivity contribution in [3.8, 4) is 5.75 Å². The van der Waals surface area contributed by atoms with Crippen LogP contribution < -0.4 is 5.32 Å². The largest absolute Gasteiger partial charge is 0.508 e. The lowest BCUT2D eigenvalue weighted by Crippen LogP contribution is -2.01. The number of aromatic nitrogens is 1. The second-order valence-corrected chi connectivity index (χ2v) is 3.84. The van der Waals surface area contributed by atoms with E-state index in [2.05, 4.69) is 17.2 Å². The van der Waals surface area contributed by atoms with Gasteiger partial charge in [0.15, 0.2) is 0 Å². The van der Waals surface area contributed by atoms with Gasteiger partial charge in [-0.1, -0.05) is 13.3 Å². The molecule has 3 heteroatoms. The molecule has 0 fully saturated rings. The summed E-state index contributed by atoms with van der Waals surface area (Å²) in [6.07, 6.45) is 4.09. The van der Waals surface area contributed by atoms with Gasteiger partial charge in [-0.05, 0) is 24.6 Å². The fourth-order valence-electron chi connectivity index (χ4n) is 1.69. The summed E-state index contributed by atoms with van der Waals surface area (Å²) in [5, 5.41) is 13.8.